The molecule has 2 heterocycles. The number of carbonyl (C=O) groups is 1. The standard InChI is InChI=1S/C22H22ClN3O3S/c1-14-8-9-15(11-18(14)23)24-20(27)13-30-22-25-19-7-3-2-6-17(19)21(28)26(22)12-16-5-4-10-29-16/h2-3,6-9,11,16H,4-5,10,12-13H2,1H3,(H,24,27)/t16-/m1/s1. The number of anilines is 1. The minimum absolute atomic E-state index is 0.00598. The highest BCUT2D eigenvalue weighted by Gasteiger charge is 2.20. The minimum Gasteiger partial charge on any atom is -0.376 e. The zero-order chi connectivity index (χ0) is 21.1. The van der Waals surface area contributed by atoms with Crippen LogP contribution < -0.4 is 10.9 Å². The van der Waals surface area contributed by atoms with Crippen molar-refractivity contribution < 1.29 is 9.53 Å². The lowest BCUT2D eigenvalue weighted by atomic mass is 10.2. The number of halogens is 1. The lowest BCUT2D eigenvalue weighted by Crippen LogP contribution is -2.29. The highest BCUT2D eigenvalue weighted by atomic mass is 35.5. The van der Waals surface area contributed by atoms with Gasteiger partial charge in [-0.05, 0) is 49.6 Å². The number of rotatable bonds is 6. The summed E-state index contributed by atoms with van der Waals surface area (Å²) in [6, 6.07) is 12.7. The van der Waals surface area contributed by atoms with Gasteiger partial charge in [-0.2, -0.15) is 0 Å². The smallest absolute Gasteiger partial charge is 0.262 e. The van der Waals surface area contributed by atoms with Crippen LogP contribution in [0.15, 0.2) is 52.4 Å². The topological polar surface area (TPSA) is 73.2 Å². The van der Waals surface area contributed by atoms with Gasteiger partial charge in [0.1, 0.15) is 0 Å². The van der Waals surface area contributed by atoms with Gasteiger partial charge in [0.15, 0.2) is 5.16 Å². The molecule has 1 atom stereocenters. The molecular weight excluding hydrogens is 422 g/mol. The van der Waals surface area contributed by atoms with Crippen LogP contribution in [0.2, 0.25) is 5.02 Å². The maximum Gasteiger partial charge on any atom is 0.262 e. The number of amides is 1. The number of aromatic nitrogens is 2. The fraction of sp³-hybridized carbons (Fsp3) is 0.318. The van der Waals surface area contributed by atoms with Crippen LogP contribution in [0.5, 0.6) is 0 Å². The SMILES string of the molecule is Cc1ccc(NC(=O)CSc2nc3ccccc3c(=O)n2C[C@H]2CCCO2)cc1Cl. The molecule has 6 nitrogen and oxygen atoms in total. The maximum atomic E-state index is 13.1. The predicted octanol–water partition coefficient (Wildman–Crippen LogP) is 4.27. The monoisotopic (exact) mass is 443 g/mol. The van der Waals surface area contributed by atoms with Crippen LogP contribution in [-0.4, -0.2) is 33.9 Å². The Morgan fingerprint density at radius 3 is 2.93 bits per heavy atom. The molecule has 4 rings (SSSR count). The van der Waals surface area contributed by atoms with Gasteiger partial charge in [0.05, 0.1) is 29.3 Å². The summed E-state index contributed by atoms with van der Waals surface area (Å²) >= 11 is 7.37. The van der Waals surface area contributed by atoms with E-state index in [2.05, 4.69) is 10.3 Å². The van der Waals surface area contributed by atoms with Crippen molar-refractivity contribution in [1.29, 1.82) is 0 Å². The lowest BCUT2D eigenvalue weighted by Gasteiger charge is -2.16. The second-order valence-corrected chi connectivity index (χ2v) is 8.61. The number of thioether (sulfide) groups is 1. The zero-order valence-corrected chi connectivity index (χ0v) is 18.1. The second kappa shape index (κ2) is 9.20. The van der Waals surface area contributed by atoms with Gasteiger partial charge in [0.25, 0.3) is 5.56 Å². The third-order valence-electron chi connectivity index (χ3n) is 5.02. The first-order valence-corrected chi connectivity index (χ1v) is 11.2. The van der Waals surface area contributed by atoms with E-state index < -0.39 is 0 Å². The van der Waals surface area contributed by atoms with Gasteiger partial charge in [-0.15, -0.1) is 0 Å². The lowest BCUT2D eigenvalue weighted by molar-refractivity contribution is -0.113. The summed E-state index contributed by atoms with van der Waals surface area (Å²) in [5.74, 6) is -0.0621. The van der Waals surface area contributed by atoms with Crippen molar-refractivity contribution in [2.45, 2.75) is 37.6 Å². The number of fused-ring (bicyclic) bond motifs is 1. The van der Waals surface area contributed by atoms with E-state index in [9.17, 15) is 9.59 Å². The molecule has 1 saturated heterocycles. The molecule has 156 valence electrons. The van der Waals surface area contributed by atoms with Crippen LogP contribution >= 0.6 is 23.4 Å². The van der Waals surface area contributed by atoms with Gasteiger partial charge in [-0.25, -0.2) is 4.98 Å². The molecule has 0 aliphatic carbocycles. The molecule has 1 aliphatic heterocycles. The van der Waals surface area contributed by atoms with Crippen LogP contribution in [0.25, 0.3) is 10.9 Å². The Bertz CT molecular complexity index is 1140. The third-order valence-corrected chi connectivity index (χ3v) is 6.41. The number of benzene rings is 2. The Labute approximate surface area is 183 Å². The fourth-order valence-electron chi connectivity index (χ4n) is 3.41. The predicted molar refractivity (Wildman–Crippen MR) is 121 cm³/mol. The van der Waals surface area contributed by atoms with E-state index in [1.54, 1.807) is 16.7 Å². The molecule has 0 bridgehead atoms. The van der Waals surface area contributed by atoms with Gasteiger partial charge < -0.3 is 10.1 Å². The largest absolute Gasteiger partial charge is 0.376 e. The molecule has 1 amide bonds. The van der Waals surface area contributed by atoms with Crippen molar-refractivity contribution in [1.82, 2.24) is 9.55 Å². The van der Waals surface area contributed by atoms with Crippen molar-refractivity contribution in [2.75, 3.05) is 17.7 Å². The molecule has 30 heavy (non-hydrogen) atoms. The number of carbonyl (C=O) groups excluding carboxylic acids is 1. The van der Waals surface area contributed by atoms with Gasteiger partial charge in [-0.3, -0.25) is 14.2 Å². The molecule has 0 spiro atoms. The van der Waals surface area contributed by atoms with Crippen molar-refractivity contribution in [3.05, 3.63) is 63.4 Å². The van der Waals surface area contributed by atoms with Crippen LogP contribution in [0.1, 0.15) is 18.4 Å². The summed E-state index contributed by atoms with van der Waals surface area (Å²) in [5, 5.41) is 4.53. The quantitative estimate of drug-likeness (QED) is 0.455. The number of hydrogen-bond acceptors (Lipinski definition) is 5. The number of aryl methyl sites for hydroxylation is 1. The Balaban J connectivity index is 1.55. The Hall–Kier alpha value is -2.35. The molecule has 1 aromatic heterocycles. The van der Waals surface area contributed by atoms with E-state index in [1.807, 2.05) is 37.3 Å². The fourth-order valence-corrected chi connectivity index (χ4v) is 4.40. The van der Waals surface area contributed by atoms with E-state index in [1.165, 1.54) is 11.8 Å². The molecule has 0 radical (unpaired) electrons. The van der Waals surface area contributed by atoms with Crippen LogP contribution in [-0.2, 0) is 16.1 Å². The van der Waals surface area contributed by atoms with Crippen molar-refractivity contribution in [2.24, 2.45) is 0 Å². The number of nitrogens with one attached hydrogen (secondary N) is 1. The van der Waals surface area contributed by atoms with E-state index in [4.69, 9.17) is 16.3 Å². The van der Waals surface area contributed by atoms with Crippen molar-refractivity contribution >= 4 is 45.9 Å². The molecule has 0 saturated carbocycles. The summed E-state index contributed by atoms with van der Waals surface area (Å²) in [7, 11) is 0. The van der Waals surface area contributed by atoms with E-state index in [0.29, 0.717) is 39.9 Å². The number of nitrogens with zero attached hydrogens (tertiary/aromatic N) is 2. The third kappa shape index (κ3) is 4.69. The van der Waals surface area contributed by atoms with Gasteiger partial charge in [0, 0.05) is 17.3 Å². The summed E-state index contributed by atoms with van der Waals surface area (Å²) in [4.78, 5) is 30.2. The van der Waals surface area contributed by atoms with Crippen LogP contribution in [0, 0.1) is 6.92 Å². The Morgan fingerprint density at radius 1 is 1.33 bits per heavy atom. The summed E-state index contributed by atoms with van der Waals surface area (Å²) in [5.41, 5.74) is 2.10. The summed E-state index contributed by atoms with van der Waals surface area (Å²) < 4.78 is 7.35. The van der Waals surface area contributed by atoms with Crippen molar-refractivity contribution in [3.63, 3.8) is 0 Å². The Morgan fingerprint density at radius 2 is 2.17 bits per heavy atom. The van der Waals surface area contributed by atoms with E-state index in [0.717, 1.165) is 18.4 Å². The molecule has 2 aromatic carbocycles. The number of para-hydroxylation sites is 1. The average molecular weight is 444 g/mol. The summed E-state index contributed by atoms with van der Waals surface area (Å²) in [6.07, 6.45) is 1.90. The second-order valence-electron chi connectivity index (χ2n) is 7.26. The van der Waals surface area contributed by atoms with Gasteiger partial charge in [-0.1, -0.05) is 41.6 Å². The maximum absolute atomic E-state index is 13.1. The highest BCUT2D eigenvalue weighted by Crippen LogP contribution is 2.23. The van der Waals surface area contributed by atoms with Gasteiger partial charge in [0.2, 0.25) is 5.91 Å². The van der Waals surface area contributed by atoms with Crippen LogP contribution in [0.4, 0.5) is 5.69 Å². The first-order chi connectivity index (χ1) is 14.5. The normalized spacial score (nSPS) is 16.1. The number of hydrogen-bond donors (Lipinski definition) is 1. The van der Waals surface area contributed by atoms with Crippen LogP contribution in [0.3, 0.4) is 0 Å². The molecule has 8 heteroatoms. The molecular formula is C22H22ClN3O3S. The first-order valence-electron chi connectivity index (χ1n) is 9.81. The Kier molecular flexibility index (Phi) is 6.41. The van der Waals surface area contributed by atoms with E-state index in [-0.39, 0.29) is 23.3 Å². The minimum atomic E-state index is -0.189. The molecule has 1 fully saturated rings. The molecule has 0 unspecified atom stereocenters. The number of ether oxygens (including phenoxy) is 1. The average Bonchev–Trinajstić information content (AvgIpc) is 3.25. The van der Waals surface area contributed by atoms with Gasteiger partial charge >= 0.3 is 0 Å². The first kappa shape index (κ1) is 20.9. The molecule has 1 N–H and O–H groups in total. The summed E-state index contributed by atoms with van der Waals surface area (Å²) in [6.45, 7) is 3.06. The zero-order valence-electron chi connectivity index (χ0n) is 16.6. The molecule has 3 aromatic rings. The highest BCUT2D eigenvalue weighted by molar-refractivity contribution is 7.99. The molecule has 1 aliphatic rings. The van der Waals surface area contributed by atoms with E-state index >= 15 is 0 Å². The van der Waals surface area contributed by atoms with Crippen molar-refractivity contribution in [3.8, 4) is 0 Å².